The van der Waals surface area contributed by atoms with E-state index in [2.05, 4.69) is 5.32 Å². The third-order valence-electron chi connectivity index (χ3n) is 3.13. The largest absolute Gasteiger partial charge is 0.488 e. The Morgan fingerprint density at radius 1 is 1.29 bits per heavy atom. The first-order valence-corrected chi connectivity index (χ1v) is 6.33. The Kier molecular flexibility index (Phi) is 4.00. The van der Waals surface area contributed by atoms with Gasteiger partial charge < -0.3 is 10.1 Å². The molecule has 3 heteroatoms. The summed E-state index contributed by atoms with van der Waals surface area (Å²) in [5, 5.41) is 3.32. The molecule has 0 aliphatic carbocycles. The average molecular weight is 237 g/mol. The van der Waals surface area contributed by atoms with E-state index in [0.29, 0.717) is 11.7 Å². The number of hydrogen-bond acceptors (Lipinski definition) is 2. The van der Waals surface area contributed by atoms with Crippen molar-refractivity contribution < 1.29 is 9.13 Å². The Bertz CT molecular complexity index is 372. The van der Waals surface area contributed by atoms with E-state index in [0.717, 1.165) is 31.5 Å². The molecule has 0 unspecified atom stereocenters. The van der Waals surface area contributed by atoms with Crippen LogP contribution in [-0.4, -0.2) is 19.2 Å². The van der Waals surface area contributed by atoms with Gasteiger partial charge in [0.05, 0.1) is 6.10 Å². The van der Waals surface area contributed by atoms with Crippen molar-refractivity contribution in [3.05, 3.63) is 29.6 Å². The van der Waals surface area contributed by atoms with Crippen LogP contribution in [0.5, 0.6) is 5.75 Å². The molecule has 0 radical (unpaired) electrons. The smallest absolute Gasteiger partial charge is 0.165 e. The van der Waals surface area contributed by atoms with Crippen molar-refractivity contribution in [2.75, 3.05) is 13.1 Å². The first-order valence-electron chi connectivity index (χ1n) is 6.33. The second-order valence-electron chi connectivity index (χ2n) is 4.88. The highest BCUT2D eigenvalue weighted by Gasteiger charge is 2.17. The number of rotatable bonds is 3. The Morgan fingerprint density at radius 3 is 2.59 bits per heavy atom. The quantitative estimate of drug-likeness (QED) is 0.872. The lowest BCUT2D eigenvalue weighted by Gasteiger charge is -2.23. The molecule has 1 fully saturated rings. The van der Waals surface area contributed by atoms with Crippen LogP contribution in [0.15, 0.2) is 18.2 Å². The highest BCUT2D eigenvalue weighted by molar-refractivity contribution is 5.31. The van der Waals surface area contributed by atoms with E-state index in [1.54, 1.807) is 12.1 Å². The highest BCUT2D eigenvalue weighted by atomic mass is 19.1. The highest BCUT2D eigenvalue weighted by Crippen LogP contribution is 2.29. The number of piperidine rings is 1. The van der Waals surface area contributed by atoms with Gasteiger partial charge in [0.15, 0.2) is 11.6 Å². The van der Waals surface area contributed by atoms with Crippen molar-refractivity contribution in [2.24, 2.45) is 0 Å². The van der Waals surface area contributed by atoms with Gasteiger partial charge in [-0.2, -0.15) is 0 Å². The molecule has 94 valence electrons. The molecule has 1 aliphatic heterocycles. The fourth-order valence-electron chi connectivity index (χ4n) is 2.28. The lowest BCUT2D eigenvalue weighted by molar-refractivity contribution is 0.231. The molecule has 0 amide bonds. The number of halogens is 1. The predicted octanol–water partition coefficient (Wildman–Crippen LogP) is 3.08. The molecular formula is C14H20FNO. The van der Waals surface area contributed by atoms with Crippen molar-refractivity contribution >= 4 is 0 Å². The van der Waals surface area contributed by atoms with Gasteiger partial charge in [0.25, 0.3) is 0 Å². The summed E-state index contributed by atoms with van der Waals surface area (Å²) in [6, 6.07) is 5.39. The molecule has 0 spiro atoms. The Morgan fingerprint density at radius 2 is 2.00 bits per heavy atom. The topological polar surface area (TPSA) is 21.3 Å². The average Bonchev–Trinajstić information content (AvgIpc) is 2.32. The predicted molar refractivity (Wildman–Crippen MR) is 67.0 cm³/mol. The van der Waals surface area contributed by atoms with E-state index in [-0.39, 0.29) is 11.9 Å². The second kappa shape index (κ2) is 5.50. The van der Waals surface area contributed by atoms with Crippen LogP contribution < -0.4 is 10.1 Å². The summed E-state index contributed by atoms with van der Waals surface area (Å²) in [6.07, 6.45) is 2.18. The molecule has 17 heavy (non-hydrogen) atoms. The third kappa shape index (κ3) is 3.19. The molecule has 0 saturated carbocycles. The Labute approximate surface area is 102 Å². The van der Waals surface area contributed by atoms with Crippen LogP contribution >= 0.6 is 0 Å². The molecule has 1 saturated heterocycles. The van der Waals surface area contributed by atoms with Gasteiger partial charge in [-0.05, 0) is 63.4 Å². The molecule has 1 aliphatic rings. The van der Waals surface area contributed by atoms with Gasteiger partial charge in [-0.3, -0.25) is 0 Å². The van der Waals surface area contributed by atoms with E-state index in [9.17, 15) is 4.39 Å². The van der Waals surface area contributed by atoms with Crippen molar-refractivity contribution in [3.8, 4) is 5.75 Å². The maximum Gasteiger partial charge on any atom is 0.165 e. The summed E-state index contributed by atoms with van der Waals surface area (Å²) < 4.78 is 19.2. The molecule has 2 rings (SSSR count). The second-order valence-corrected chi connectivity index (χ2v) is 4.88. The number of nitrogens with one attached hydrogen (secondary N) is 1. The summed E-state index contributed by atoms with van der Waals surface area (Å²) >= 11 is 0. The molecule has 1 heterocycles. The van der Waals surface area contributed by atoms with Gasteiger partial charge in [0.2, 0.25) is 0 Å². The molecule has 2 nitrogen and oxygen atoms in total. The van der Waals surface area contributed by atoms with Crippen molar-refractivity contribution in [3.63, 3.8) is 0 Å². The summed E-state index contributed by atoms with van der Waals surface area (Å²) in [4.78, 5) is 0. The van der Waals surface area contributed by atoms with E-state index in [4.69, 9.17) is 4.74 Å². The first kappa shape index (κ1) is 12.4. The van der Waals surface area contributed by atoms with Crippen molar-refractivity contribution in [1.29, 1.82) is 0 Å². The normalized spacial score (nSPS) is 17.4. The number of hydrogen-bond donors (Lipinski definition) is 1. The molecule has 1 N–H and O–H groups in total. The van der Waals surface area contributed by atoms with Crippen LogP contribution in [0.25, 0.3) is 0 Å². The Hall–Kier alpha value is -1.09. The molecular weight excluding hydrogens is 217 g/mol. The van der Waals surface area contributed by atoms with Gasteiger partial charge in [-0.1, -0.05) is 6.07 Å². The van der Waals surface area contributed by atoms with Gasteiger partial charge >= 0.3 is 0 Å². The fourth-order valence-corrected chi connectivity index (χ4v) is 2.28. The number of benzene rings is 1. The summed E-state index contributed by atoms with van der Waals surface area (Å²) in [6.45, 7) is 5.85. The van der Waals surface area contributed by atoms with Gasteiger partial charge in [0, 0.05) is 0 Å². The van der Waals surface area contributed by atoms with Gasteiger partial charge in [0.1, 0.15) is 0 Å². The lowest BCUT2D eigenvalue weighted by Crippen LogP contribution is -2.26. The van der Waals surface area contributed by atoms with Crippen molar-refractivity contribution in [1.82, 2.24) is 5.32 Å². The minimum Gasteiger partial charge on any atom is -0.488 e. The summed E-state index contributed by atoms with van der Waals surface area (Å²) in [7, 11) is 0. The standard InChI is InChI=1S/C14H20FNO/c1-10(2)17-14-4-3-12(9-13(14)15)11-5-7-16-8-6-11/h3-4,9-11,16H,5-8H2,1-2H3. The van der Waals surface area contributed by atoms with E-state index < -0.39 is 0 Å². The minimum absolute atomic E-state index is 0.00855. The van der Waals surface area contributed by atoms with Gasteiger partial charge in [-0.15, -0.1) is 0 Å². The van der Waals surface area contributed by atoms with Crippen LogP contribution in [-0.2, 0) is 0 Å². The lowest BCUT2D eigenvalue weighted by atomic mass is 9.90. The maximum atomic E-state index is 13.8. The first-order chi connectivity index (χ1) is 8.16. The van der Waals surface area contributed by atoms with Crippen molar-refractivity contribution in [2.45, 2.75) is 38.7 Å². The molecule has 0 bridgehead atoms. The monoisotopic (exact) mass is 237 g/mol. The van der Waals surface area contributed by atoms with E-state index in [1.165, 1.54) is 0 Å². The minimum atomic E-state index is -0.241. The van der Waals surface area contributed by atoms with Gasteiger partial charge in [-0.25, -0.2) is 4.39 Å². The number of ether oxygens (including phenoxy) is 1. The summed E-state index contributed by atoms with van der Waals surface area (Å²) in [5.74, 6) is 0.603. The zero-order valence-corrected chi connectivity index (χ0v) is 10.5. The van der Waals surface area contributed by atoms with E-state index >= 15 is 0 Å². The molecule has 1 aromatic carbocycles. The van der Waals surface area contributed by atoms with Crippen LogP contribution in [0.3, 0.4) is 0 Å². The Balaban J connectivity index is 2.12. The molecule has 0 aromatic heterocycles. The molecule has 0 atom stereocenters. The fraction of sp³-hybridized carbons (Fsp3) is 0.571. The van der Waals surface area contributed by atoms with Crippen LogP contribution in [0.4, 0.5) is 4.39 Å². The van der Waals surface area contributed by atoms with Crippen LogP contribution in [0, 0.1) is 5.82 Å². The third-order valence-corrected chi connectivity index (χ3v) is 3.13. The van der Waals surface area contributed by atoms with E-state index in [1.807, 2.05) is 19.9 Å². The SMILES string of the molecule is CC(C)Oc1ccc(C2CCNCC2)cc1F. The zero-order chi connectivity index (χ0) is 12.3. The van der Waals surface area contributed by atoms with Crippen LogP contribution in [0.2, 0.25) is 0 Å². The molecule has 1 aromatic rings. The zero-order valence-electron chi connectivity index (χ0n) is 10.5. The van der Waals surface area contributed by atoms with Crippen LogP contribution in [0.1, 0.15) is 38.2 Å². The maximum absolute atomic E-state index is 13.8. The summed E-state index contributed by atoms with van der Waals surface area (Å²) in [5.41, 5.74) is 1.10.